The number of esters is 2. The molecule has 0 aromatic heterocycles. The van der Waals surface area contributed by atoms with Crippen molar-refractivity contribution in [2.45, 2.75) is 72.0 Å². The maximum Gasteiger partial charge on any atom is 0.309 e. The molecule has 2 saturated heterocycles. The van der Waals surface area contributed by atoms with Gasteiger partial charge < -0.3 is 9.47 Å². The fourth-order valence-corrected chi connectivity index (χ4v) is 6.24. The van der Waals surface area contributed by atoms with Gasteiger partial charge >= 0.3 is 11.9 Å². The quantitative estimate of drug-likeness (QED) is 0.562. The maximum absolute atomic E-state index is 11.8. The van der Waals surface area contributed by atoms with Crippen molar-refractivity contribution < 1.29 is 19.1 Å². The molecule has 2 heterocycles. The van der Waals surface area contributed by atoms with Crippen LogP contribution in [0, 0.1) is 35.0 Å². The number of hydrogen-bond acceptors (Lipinski definition) is 4. The molecule has 25 heavy (non-hydrogen) atoms. The van der Waals surface area contributed by atoms with E-state index in [4.69, 9.17) is 9.47 Å². The largest absolute Gasteiger partial charge is 0.462 e. The lowest BCUT2D eigenvalue weighted by atomic mass is 9.59. The van der Waals surface area contributed by atoms with Crippen LogP contribution in [0.5, 0.6) is 0 Å². The number of cyclic esters (lactones) is 1. The van der Waals surface area contributed by atoms with Crippen molar-refractivity contribution in [1.82, 2.24) is 0 Å². The first-order valence-electron chi connectivity index (χ1n) is 9.89. The minimum Gasteiger partial charge on any atom is -0.462 e. The van der Waals surface area contributed by atoms with Gasteiger partial charge in [0.05, 0.1) is 12.3 Å². The molecule has 2 aliphatic carbocycles. The third-order valence-corrected chi connectivity index (χ3v) is 7.96. The Bertz CT molecular complexity index is 623. The summed E-state index contributed by atoms with van der Waals surface area (Å²) in [6, 6.07) is 0. The standard InChI is InChI=1S/C21H30O4/c1-11(9-18-12(2)13(3)20(23)25-18)15-5-6-16-14-10-19(22)24-17(14)7-8-21(15,16)4/h9,12-18H,5-8,10H2,1-4H3/b11-9+/t12-,13+,14-,15+,16-,17+,18-,21+/m0/s1. The molecule has 0 radical (unpaired) electrons. The van der Waals surface area contributed by atoms with Gasteiger partial charge in [-0.15, -0.1) is 0 Å². The second-order valence-electron chi connectivity index (χ2n) is 9.14. The minimum atomic E-state index is -0.0853. The van der Waals surface area contributed by atoms with Gasteiger partial charge in [0.15, 0.2) is 0 Å². The Balaban J connectivity index is 1.55. The SMILES string of the molecule is C/C(=C\[C@@H]1OC(=O)[C@H](C)[C@@H]1C)[C@H]1CC[C@H]2[C@@H]3CC(=O)O[C@@H]3CC[C@]12C. The molecule has 4 nitrogen and oxygen atoms in total. The van der Waals surface area contributed by atoms with Crippen LogP contribution in [0.25, 0.3) is 0 Å². The predicted molar refractivity (Wildman–Crippen MR) is 93.5 cm³/mol. The summed E-state index contributed by atoms with van der Waals surface area (Å²) in [4.78, 5) is 23.6. The van der Waals surface area contributed by atoms with Gasteiger partial charge in [-0.1, -0.05) is 26.3 Å². The smallest absolute Gasteiger partial charge is 0.309 e. The van der Waals surface area contributed by atoms with Crippen molar-refractivity contribution in [2.75, 3.05) is 0 Å². The van der Waals surface area contributed by atoms with Gasteiger partial charge in [-0.05, 0) is 55.9 Å². The highest BCUT2D eigenvalue weighted by atomic mass is 16.6. The monoisotopic (exact) mass is 346 g/mol. The highest BCUT2D eigenvalue weighted by Gasteiger charge is 2.57. The first-order chi connectivity index (χ1) is 11.8. The van der Waals surface area contributed by atoms with E-state index in [1.165, 1.54) is 18.4 Å². The first-order valence-corrected chi connectivity index (χ1v) is 9.89. The van der Waals surface area contributed by atoms with E-state index in [1.54, 1.807) is 0 Å². The number of carbonyl (C=O) groups is 2. The zero-order chi connectivity index (χ0) is 17.9. The summed E-state index contributed by atoms with van der Waals surface area (Å²) >= 11 is 0. The third kappa shape index (κ3) is 2.55. The molecule has 0 amide bonds. The van der Waals surface area contributed by atoms with Crippen LogP contribution in [0.4, 0.5) is 0 Å². The number of carbonyl (C=O) groups excluding carboxylic acids is 2. The van der Waals surface area contributed by atoms with Crippen LogP contribution in [0.3, 0.4) is 0 Å². The van der Waals surface area contributed by atoms with Crippen LogP contribution in [0.15, 0.2) is 11.6 Å². The summed E-state index contributed by atoms with van der Waals surface area (Å²) in [6.45, 7) is 8.69. The zero-order valence-corrected chi connectivity index (χ0v) is 15.8. The molecule has 4 heteroatoms. The van der Waals surface area contributed by atoms with Gasteiger partial charge in [-0.2, -0.15) is 0 Å². The van der Waals surface area contributed by atoms with Crippen molar-refractivity contribution in [3.05, 3.63) is 11.6 Å². The Morgan fingerprint density at radius 3 is 2.60 bits per heavy atom. The number of ether oxygens (including phenoxy) is 2. The van der Waals surface area contributed by atoms with Crippen LogP contribution in [0.2, 0.25) is 0 Å². The summed E-state index contributed by atoms with van der Waals surface area (Å²) in [5, 5.41) is 0. The fraction of sp³-hybridized carbons (Fsp3) is 0.810. The van der Waals surface area contributed by atoms with Crippen molar-refractivity contribution in [3.63, 3.8) is 0 Å². The van der Waals surface area contributed by atoms with Gasteiger partial charge in [0, 0.05) is 11.8 Å². The second kappa shape index (κ2) is 5.85. The van der Waals surface area contributed by atoms with E-state index in [-0.39, 0.29) is 41.4 Å². The normalized spacial score (nSPS) is 49.6. The van der Waals surface area contributed by atoms with Gasteiger partial charge in [0.25, 0.3) is 0 Å². The summed E-state index contributed by atoms with van der Waals surface area (Å²) in [6.07, 6.45) is 7.37. The van der Waals surface area contributed by atoms with Crippen LogP contribution in [-0.2, 0) is 19.1 Å². The molecule has 0 N–H and O–H groups in total. The van der Waals surface area contributed by atoms with E-state index in [1.807, 2.05) is 6.92 Å². The van der Waals surface area contributed by atoms with E-state index < -0.39 is 0 Å². The summed E-state index contributed by atoms with van der Waals surface area (Å²) in [7, 11) is 0. The average Bonchev–Trinajstić information content (AvgIpc) is 3.17. The molecular weight excluding hydrogens is 316 g/mol. The van der Waals surface area contributed by atoms with E-state index in [0.717, 1.165) is 12.8 Å². The van der Waals surface area contributed by atoms with Crippen molar-refractivity contribution in [3.8, 4) is 0 Å². The average molecular weight is 346 g/mol. The molecule has 4 aliphatic rings. The Morgan fingerprint density at radius 2 is 1.92 bits per heavy atom. The number of rotatable bonds is 2. The first kappa shape index (κ1) is 17.1. The Morgan fingerprint density at radius 1 is 1.16 bits per heavy atom. The van der Waals surface area contributed by atoms with Crippen LogP contribution in [-0.4, -0.2) is 24.1 Å². The van der Waals surface area contributed by atoms with Crippen molar-refractivity contribution in [1.29, 1.82) is 0 Å². The van der Waals surface area contributed by atoms with E-state index >= 15 is 0 Å². The number of allylic oxidation sites excluding steroid dienone is 1. The van der Waals surface area contributed by atoms with E-state index in [2.05, 4.69) is 26.8 Å². The highest BCUT2D eigenvalue weighted by Crippen LogP contribution is 2.61. The molecule has 4 rings (SSSR count). The Labute approximate surface area is 150 Å². The second-order valence-corrected chi connectivity index (χ2v) is 9.14. The molecule has 2 aliphatic heterocycles. The summed E-state index contributed by atoms with van der Waals surface area (Å²) < 4.78 is 11.1. The molecule has 138 valence electrons. The molecule has 0 unspecified atom stereocenters. The zero-order valence-electron chi connectivity index (χ0n) is 15.8. The fourth-order valence-electron chi connectivity index (χ4n) is 6.24. The van der Waals surface area contributed by atoms with Crippen LogP contribution in [0.1, 0.15) is 59.8 Å². The molecular formula is C21H30O4. The molecule has 4 fully saturated rings. The molecule has 0 aromatic rings. The van der Waals surface area contributed by atoms with Crippen molar-refractivity contribution >= 4 is 11.9 Å². The minimum absolute atomic E-state index is 0.00403. The summed E-state index contributed by atoms with van der Waals surface area (Å²) in [5.74, 6) is 1.66. The lowest BCUT2D eigenvalue weighted by Crippen LogP contribution is -2.42. The Hall–Kier alpha value is -1.32. The molecule has 0 bridgehead atoms. The predicted octanol–water partition coefficient (Wildman–Crippen LogP) is 3.89. The highest BCUT2D eigenvalue weighted by molar-refractivity contribution is 5.75. The lowest BCUT2D eigenvalue weighted by Gasteiger charge is -2.45. The number of fused-ring (bicyclic) bond motifs is 3. The number of hydrogen-bond donors (Lipinski definition) is 0. The molecule has 0 spiro atoms. The summed E-state index contributed by atoms with van der Waals surface area (Å²) in [5.41, 5.74) is 1.61. The van der Waals surface area contributed by atoms with E-state index in [0.29, 0.717) is 24.2 Å². The van der Waals surface area contributed by atoms with Crippen LogP contribution >= 0.6 is 0 Å². The van der Waals surface area contributed by atoms with Crippen molar-refractivity contribution in [2.24, 2.45) is 35.0 Å². The molecule has 8 atom stereocenters. The van der Waals surface area contributed by atoms with Gasteiger partial charge in [-0.3, -0.25) is 9.59 Å². The Kier molecular flexibility index (Phi) is 4.01. The molecule has 0 aromatic carbocycles. The van der Waals surface area contributed by atoms with Gasteiger partial charge in [0.1, 0.15) is 12.2 Å². The lowest BCUT2D eigenvalue weighted by molar-refractivity contribution is -0.143. The van der Waals surface area contributed by atoms with Crippen LogP contribution < -0.4 is 0 Å². The van der Waals surface area contributed by atoms with Gasteiger partial charge in [-0.25, -0.2) is 0 Å². The molecule has 2 saturated carbocycles. The third-order valence-electron chi connectivity index (χ3n) is 7.96. The van der Waals surface area contributed by atoms with E-state index in [9.17, 15) is 9.59 Å². The van der Waals surface area contributed by atoms with Gasteiger partial charge in [0.2, 0.25) is 0 Å². The topological polar surface area (TPSA) is 52.6 Å². The maximum atomic E-state index is 11.8.